The molecule has 2 heterocycles. The first-order valence-electron chi connectivity index (χ1n) is 10.1. The zero-order chi connectivity index (χ0) is 20.3. The van der Waals surface area contributed by atoms with Crippen molar-refractivity contribution in [3.63, 3.8) is 0 Å². The number of allylic oxidation sites excluding steroid dienone is 1. The second-order valence-electron chi connectivity index (χ2n) is 8.00. The Balaban J connectivity index is 1.87. The summed E-state index contributed by atoms with van der Waals surface area (Å²) in [7, 11) is 0. The molecule has 0 N–H and O–H groups in total. The Morgan fingerprint density at radius 3 is 2.46 bits per heavy atom. The van der Waals surface area contributed by atoms with E-state index in [-0.39, 0.29) is 0 Å². The third kappa shape index (κ3) is 4.82. The van der Waals surface area contributed by atoms with E-state index in [4.69, 9.17) is 21.6 Å². The summed E-state index contributed by atoms with van der Waals surface area (Å²) in [5.41, 5.74) is 6.31. The van der Waals surface area contributed by atoms with E-state index in [0.717, 1.165) is 47.9 Å². The highest BCUT2D eigenvalue weighted by Gasteiger charge is 2.14. The van der Waals surface area contributed by atoms with Crippen molar-refractivity contribution in [2.75, 3.05) is 18.0 Å². The predicted octanol–water partition coefficient (Wildman–Crippen LogP) is 7.01. The van der Waals surface area contributed by atoms with Crippen LogP contribution in [0, 0.1) is 12.8 Å². The molecule has 2 aromatic rings. The van der Waals surface area contributed by atoms with Crippen LogP contribution in [0.3, 0.4) is 0 Å². The molecule has 3 rings (SSSR count). The number of hydrogen-bond donors (Lipinski definition) is 0. The number of aliphatic imine (C=N–C) groups is 1. The maximum atomic E-state index is 6.53. The maximum Gasteiger partial charge on any atom is 0.155 e. The first kappa shape index (κ1) is 20.6. The van der Waals surface area contributed by atoms with Gasteiger partial charge in [-0.2, -0.15) is 0 Å². The lowest BCUT2D eigenvalue weighted by atomic mass is 9.98. The molecule has 0 saturated carbocycles. The molecule has 1 aromatic carbocycles. The van der Waals surface area contributed by atoms with Crippen LogP contribution in [0.5, 0.6) is 0 Å². The van der Waals surface area contributed by atoms with Crippen LogP contribution in [-0.2, 0) is 0 Å². The number of anilines is 1. The van der Waals surface area contributed by atoms with Crippen molar-refractivity contribution in [1.82, 2.24) is 4.98 Å². The molecule has 3 nitrogen and oxygen atoms in total. The third-order valence-corrected chi connectivity index (χ3v) is 5.78. The van der Waals surface area contributed by atoms with Gasteiger partial charge < -0.3 is 4.90 Å². The lowest BCUT2D eigenvalue weighted by Gasteiger charge is -2.18. The quantitative estimate of drug-likeness (QED) is 0.389. The summed E-state index contributed by atoms with van der Waals surface area (Å²) in [6.07, 6.45) is 3.44. The molecule has 0 bridgehead atoms. The minimum absolute atomic E-state index is 0.411. The molecule has 148 valence electrons. The van der Waals surface area contributed by atoms with Crippen LogP contribution in [0.2, 0.25) is 5.02 Å². The summed E-state index contributed by atoms with van der Waals surface area (Å²) in [6.45, 7) is 14.6. The molecule has 1 fully saturated rings. The number of rotatable bonds is 6. The lowest BCUT2D eigenvalue weighted by molar-refractivity contribution is 0.717. The van der Waals surface area contributed by atoms with Crippen LogP contribution in [0.25, 0.3) is 11.3 Å². The van der Waals surface area contributed by atoms with Crippen molar-refractivity contribution in [2.45, 2.75) is 47.0 Å². The highest BCUT2D eigenvalue weighted by molar-refractivity contribution is 6.33. The molecule has 1 aliphatic rings. The maximum absolute atomic E-state index is 6.53. The Labute approximate surface area is 174 Å². The molecular weight excluding hydrogens is 366 g/mol. The number of benzene rings is 1. The Hall–Kier alpha value is -2.13. The van der Waals surface area contributed by atoms with Gasteiger partial charge in [-0.1, -0.05) is 42.8 Å². The SMILES string of the molecule is C=C(C)C(C)C/C(C)=N/c1nc(-c2ccc(N3CCCC3)cc2)c(Cl)cc1C. The van der Waals surface area contributed by atoms with E-state index < -0.39 is 0 Å². The Morgan fingerprint density at radius 1 is 1.21 bits per heavy atom. The standard InChI is InChI=1S/C24H30ClN3/c1-16(2)17(3)14-19(5)26-24-18(4)15-22(25)23(27-24)20-8-10-21(11-9-20)28-12-6-7-13-28/h8-11,15,17H,1,6-7,12-14H2,2-5H3/b26-19+. The first-order valence-corrected chi connectivity index (χ1v) is 10.4. The average molecular weight is 396 g/mol. The Bertz CT molecular complexity index is 877. The number of hydrogen-bond acceptors (Lipinski definition) is 3. The van der Waals surface area contributed by atoms with Gasteiger partial charge in [-0.25, -0.2) is 9.98 Å². The van der Waals surface area contributed by atoms with Crippen LogP contribution in [0.1, 0.15) is 45.6 Å². The average Bonchev–Trinajstić information content (AvgIpc) is 3.18. The van der Waals surface area contributed by atoms with Gasteiger partial charge in [0.1, 0.15) is 0 Å². The normalized spacial score (nSPS) is 15.8. The van der Waals surface area contributed by atoms with Gasteiger partial charge in [-0.05, 0) is 69.7 Å². The zero-order valence-corrected chi connectivity index (χ0v) is 18.2. The van der Waals surface area contributed by atoms with Crippen LogP contribution in [0.15, 0.2) is 47.5 Å². The molecule has 0 aliphatic carbocycles. The van der Waals surface area contributed by atoms with Gasteiger partial charge >= 0.3 is 0 Å². The highest BCUT2D eigenvalue weighted by Crippen LogP contribution is 2.32. The topological polar surface area (TPSA) is 28.5 Å². The molecule has 1 aliphatic heterocycles. The van der Waals surface area contributed by atoms with Gasteiger partial charge in [0.15, 0.2) is 5.82 Å². The fraction of sp³-hybridized carbons (Fsp3) is 0.417. The summed E-state index contributed by atoms with van der Waals surface area (Å²) in [6, 6.07) is 10.5. The van der Waals surface area contributed by atoms with E-state index in [1.807, 2.05) is 13.0 Å². The van der Waals surface area contributed by atoms with Gasteiger partial charge in [-0.3, -0.25) is 0 Å². The minimum atomic E-state index is 0.411. The van der Waals surface area contributed by atoms with Crippen molar-refractivity contribution >= 4 is 28.8 Å². The Morgan fingerprint density at radius 2 is 1.86 bits per heavy atom. The van der Waals surface area contributed by atoms with Crippen LogP contribution >= 0.6 is 11.6 Å². The van der Waals surface area contributed by atoms with E-state index in [2.05, 4.69) is 56.5 Å². The van der Waals surface area contributed by atoms with Crippen molar-refractivity contribution in [3.05, 3.63) is 53.1 Å². The largest absolute Gasteiger partial charge is 0.372 e. The number of nitrogens with zero attached hydrogens (tertiary/aromatic N) is 3. The van der Waals surface area contributed by atoms with Gasteiger partial charge in [0.2, 0.25) is 0 Å². The van der Waals surface area contributed by atoms with E-state index in [1.165, 1.54) is 24.1 Å². The minimum Gasteiger partial charge on any atom is -0.372 e. The van der Waals surface area contributed by atoms with Gasteiger partial charge in [-0.15, -0.1) is 0 Å². The number of pyridine rings is 1. The lowest BCUT2D eigenvalue weighted by Crippen LogP contribution is -2.17. The molecule has 1 atom stereocenters. The monoisotopic (exact) mass is 395 g/mol. The second-order valence-corrected chi connectivity index (χ2v) is 8.41. The molecule has 1 saturated heterocycles. The van der Waals surface area contributed by atoms with Gasteiger partial charge in [0.05, 0.1) is 10.7 Å². The van der Waals surface area contributed by atoms with E-state index in [0.29, 0.717) is 10.9 Å². The van der Waals surface area contributed by atoms with Crippen molar-refractivity contribution < 1.29 is 0 Å². The molecular formula is C24H30ClN3. The van der Waals surface area contributed by atoms with Crippen LogP contribution < -0.4 is 4.90 Å². The number of aryl methyl sites for hydroxylation is 1. The first-order chi connectivity index (χ1) is 13.3. The summed E-state index contributed by atoms with van der Waals surface area (Å²) in [4.78, 5) is 12.0. The third-order valence-electron chi connectivity index (χ3n) is 5.49. The summed E-state index contributed by atoms with van der Waals surface area (Å²) >= 11 is 6.53. The van der Waals surface area contributed by atoms with Gasteiger partial charge in [0.25, 0.3) is 0 Å². The van der Waals surface area contributed by atoms with E-state index in [1.54, 1.807) is 0 Å². The smallest absolute Gasteiger partial charge is 0.155 e. The molecule has 0 spiro atoms. The molecule has 28 heavy (non-hydrogen) atoms. The zero-order valence-electron chi connectivity index (χ0n) is 17.4. The second kappa shape index (κ2) is 8.91. The van der Waals surface area contributed by atoms with E-state index in [9.17, 15) is 0 Å². The molecule has 1 unspecified atom stereocenters. The molecule has 0 radical (unpaired) electrons. The highest BCUT2D eigenvalue weighted by atomic mass is 35.5. The predicted molar refractivity (Wildman–Crippen MR) is 122 cm³/mol. The molecule has 1 aromatic heterocycles. The fourth-order valence-electron chi connectivity index (χ4n) is 3.54. The van der Waals surface area contributed by atoms with E-state index >= 15 is 0 Å². The van der Waals surface area contributed by atoms with Crippen molar-refractivity contribution in [3.8, 4) is 11.3 Å². The van der Waals surface area contributed by atoms with Crippen molar-refractivity contribution in [2.24, 2.45) is 10.9 Å². The van der Waals surface area contributed by atoms with Crippen molar-refractivity contribution in [1.29, 1.82) is 0 Å². The summed E-state index contributed by atoms with van der Waals surface area (Å²) in [5.74, 6) is 1.16. The summed E-state index contributed by atoms with van der Waals surface area (Å²) in [5, 5.41) is 0.665. The van der Waals surface area contributed by atoms with Crippen LogP contribution in [-0.4, -0.2) is 23.8 Å². The fourth-order valence-corrected chi connectivity index (χ4v) is 3.85. The van der Waals surface area contributed by atoms with Gasteiger partial charge in [0, 0.05) is 30.1 Å². The number of aromatic nitrogens is 1. The molecule has 4 heteroatoms. The molecule has 0 amide bonds. The number of halogens is 1. The summed E-state index contributed by atoms with van der Waals surface area (Å²) < 4.78 is 0. The van der Waals surface area contributed by atoms with Crippen LogP contribution in [0.4, 0.5) is 11.5 Å². The Kier molecular flexibility index (Phi) is 6.56.